The predicted octanol–water partition coefficient (Wildman–Crippen LogP) is 3.90. The van der Waals surface area contributed by atoms with Gasteiger partial charge in [-0.3, -0.25) is 0 Å². The Balaban J connectivity index is 0.00000196. The van der Waals surface area contributed by atoms with Crippen LogP contribution < -0.4 is 0 Å². The van der Waals surface area contributed by atoms with Crippen molar-refractivity contribution < 1.29 is 0 Å². The molecule has 0 N–H and O–H groups in total. The highest BCUT2D eigenvalue weighted by Gasteiger charge is 2.02. The van der Waals surface area contributed by atoms with E-state index in [4.69, 9.17) is 0 Å². The third kappa shape index (κ3) is 4.48. The first kappa shape index (κ1) is 14.2. The molecule has 0 saturated carbocycles. The van der Waals surface area contributed by atoms with Crippen molar-refractivity contribution in [3.8, 4) is 0 Å². The molecule has 0 fully saturated rings. The van der Waals surface area contributed by atoms with Gasteiger partial charge in [0.25, 0.3) is 0 Å². The second-order valence-corrected chi connectivity index (χ2v) is 4.29. The van der Waals surface area contributed by atoms with Crippen molar-refractivity contribution in [3.63, 3.8) is 0 Å². The molecule has 1 aromatic rings. The Hall–Kier alpha value is -0.820. The average molecular weight is 207 g/mol. The Morgan fingerprint density at radius 3 is 2.07 bits per heavy atom. The molecule has 0 saturated heterocycles. The molecule has 1 aromatic carbocycles. The van der Waals surface area contributed by atoms with Gasteiger partial charge in [0.05, 0.1) is 0 Å². The lowest BCUT2D eigenvalue weighted by atomic mass is 9.98. The van der Waals surface area contributed by atoms with Crippen molar-refractivity contribution in [2.24, 2.45) is 0 Å². The van der Waals surface area contributed by atoms with E-state index in [0.717, 1.165) is 6.54 Å². The first-order valence-corrected chi connectivity index (χ1v) is 5.37. The number of hydrogen-bond acceptors (Lipinski definition) is 1. The third-order valence-electron chi connectivity index (χ3n) is 2.66. The summed E-state index contributed by atoms with van der Waals surface area (Å²) in [6.45, 7) is 5.54. The van der Waals surface area contributed by atoms with Crippen molar-refractivity contribution in [2.75, 3.05) is 14.1 Å². The van der Waals surface area contributed by atoms with Crippen LogP contribution in [-0.2, 0) is 6.54 Å². The molecule has 0 aromatic heterocycles. The smallest absolute Gasteiger partial charge is 0.0227 e. The van der Waals surface area contributed by atoms with Crippen LogP contribution in [0.4, 0.5) is 0 Å². The van der Waals surface area contributed by atoms with Crippen molar-refractivity contribution >= 4 is 0 Å². The summed E-state index contributed by atoms with van der Waals surface area (Å²) in [5, 5.41) is 0. The molecule has 0 aliphatic heterocycles. The molecule has 1 atom stereocenters. The molecular formula is C14H25N. The molecular weight excluding hydrogens is 182 g/mol. The number of rotatable bonds is 4. The minimum Gasteiger partial charge on any atom is -0.305 e. The van der Waals surface area contributed by atoms with Crippen LogP contribution in [-0.4, -0.2) is 19.0 Å². The maximum absolute atomic E-state index is 2.28. The lowest BCUT2D eigenvalue weighted by Gasteiger charge is -2.12. The van der Waals surface area contributed by atoms with E-state index >= 15 is 0 Å². The lowest BCUT2D eigenvalue weighted by Crippen LogP contribution is -2.10. The molecule has 0 bridgehead atoms. The summed E-state index contributed by atoms with van der Waals surface area (Å²) in [7, 11) is 4.20. The van der Waals surface area contributed by atoms with E-state index in [-0.39, 0.29) is 7.43 Å². The van der Waals surface area contributed by atoms with Crippen molar-refractivity contribution in [1.82, 2.24) is 4.90 Å². The van der Waals surface area contributed by atoms with E-state index in [1.54, 1.807) is 0 Å². The standard InChI is InChI=1S/C13H21N.CH4/c1-5-11(2)13-8-6-12(7-9-13)10-14(3)4;/h6-9,11H,5,10H2,1-4H3;1H4. The molecule has 0 aliphatic rings. The monoisotopic (exact) mass is 207 g/mol. The van der Waals surface area contributed by atoms with Gasteiger partial charge < -0.3 is 4.90 Å². The Morgan fingerprint density at radius 1 is 1.13 bits per heavy atom. The Labute approximate surface area is 95.1 Å². The second kappa shape index (κ2) is 6.62. The second-order valence-electron chi connectivity index (χ2n) is 4.29. The van der Waals surface area contributed by atoms with Gasteiger partial charge >= 0.3 is 0 Å². The van der Waals surface area contributed by atoms with Crippen LogP contribution in [0.3, 0.4) is 0 Å². The van der Waals surface area contributed by atoms with E-state index in [1.807, 2.05) is 0 Å². The number of benzene rings is 1. The molecule has 0 radical (unpaired) electrons. The van der Waals surface area contributed by atoms with Gasteiger partial charge in [0.2, 0.25) is 0 Å². The highest BCUT2D eigenvalue weighted by atomic mass is 15.0. The molecule has 0 aliphatic carbocycles. The van der Waals surface area contributed by atoms with E-state index in [0.29, 0.717) is 5.92 Å². The predicted molar refractivity (Wildman–Crippen MR) is 69.3 cm³/mol. The molecule has 1 rings (SSSR count). The summed E-state index contributed by atoms with van der Waals surface area (Å²) in [6, 6.07) is 8.99. The minimum absolute atomic E-state index is 0. The maximum atomic E-state index is 2.28. The van der Waals surface area contributed by atoms with Crippen LogP contribution in [0.2, 0.25) is 0 Å². The Kier molecular flexibility index (Phi) is 6.26. The first-order valence-electron chi connectivity index (χ1n) is 5.37. The van der Waals surface area contributed by atoms with Crippen LogP contribution in [0.15, 0.2) is 24.3 Å². The summed E-state index contributed by atoms with van der Waals surface area (Å²) in [6.07, 6.45) is 1.22. The van der Waals surface area contributed by atoms with Crippen LogP contribution >= 0.6 is 0 Å². The van der Waals surface area contributed by atoms with Gasteiger partial charge in [-0.2, -0.15) is 0 Å². The number of hydrogen-bond donors (Lipinski definition) is 0. The molecule has 15 heavy (non-hydrogen) atoms. The molecule has 1 nitrogen and oxygen atoms in total. The highest BCUT2D eigenvalue weighted by molar-refractivity contribution is 5.24. The zero-order chi connectivity index (χ0) is 10.6. The van der Waals surface area contributed by atoms with E-state index in [9.17, 15) is 0 Å². The average Bonchev–Trinajstić information content (AvgIpc) is 2.17. The summed E-state index contributed by atoms with van der Waals surface area (Å²) in [4.78, 5) is 2.19. The molecule has 0 heterocycles. The molecule has 86 valence electrons. The normalized spacial score (nSPS) is 12.3. The van der Waals surface area contributed by atoms with Gasteiger partial charge in [-0.15, -0.1) is 0 Å². The van der Waals surface area contributed by atoms with Gasteiger partial charge in [0.15, 0.2) is 0 Å². The van der Waals surface area contributed by atoms with Gasteiger partial charge in [-0.05, 0) is 37.6 Å². The van der Waals surface area contributed by atoms with E-state index in [2.05, 4.69) is 57.1 Å². The molecule has 0 amide bonds. The SMILES string of the molecule is C.CCC(C)c1ccc(CN(C)C)cc1. The zero-order valence-corrected chi connectivity index (χ0v) is 9.75. The fraction of sp³-hybridized carbons (Fsp3) is 0.571. The topological polar surface area (TPSA) is 3.24 Å². The summed E-state index contributed by atoms with van der Waals surface area (Å²) < 4.78 is 0. The third-order valence-corrected chi connectivity index (χ3v) is 2.66. The van der Waals surface area contributed by atoms with Gasteiger partial charge in [0.1, 0.15) is 0 Å². The van der Waals surface area contributed by atoms with E-state index < -0.39 is 0 Å². The van der Waals surface area contributed by atoms with Crippen LogP contribution in [0.5, 0.6) is 0 Å². The molecule has 1 unspecified atom stereocenters. The fourth-order valence-electron chi connectivity index (χ4n) is 1.55. The summed E-state index contributed by atoms with van der Waals surface area (Å²) >= 11 is 0. The number of nitrogens with zero attached hydrogens (tertiary/aromatic N) is 1. The largest absolute Gasteiger partial charge is 0.305 e. The van der Waals surface area contributed by atoms with Crippen LogP contribution in [0.1, 0.15) is 44.7 Å². The van der Waals surface area contributed by atoms with Crippen LogP contribution in [0.25, 0.3) is 0 Å². The van der Waals surface area contributed by atoms with Gasteiger partial charge in [-0.25, -0.2) is 0 Å². The molecule has 0 spiro atoms. The highest BCUT2D eigenvalue weighted by Crippen LogP contribution is 2.18. The molecule has 1 heteroatoms. The summed E-state index contributed by atoms with van der Waals surface area (Å²) in [5.41, 5.74) is 2.84. The van der Waals surface area contributed by atoms with E-state index in [1.165, 1.54) is 17.5 Å². The maximum Gasteiger partial charge on any atom is 0.0227 e. The van der Waals surface area contributed by atoms with Crippen molar-refractivity contribution in [1.29, 1.82) is 0 Å². The van der Waals surface area contributed by atoms with Crippen molar-refractivity contribution in [2.45, 2.75) is 40.2 Å². The zero-order valence-electron chi connectivity index (χ0n) is 9.75. The van der Waals surface area contributed by atoms with Gasteiger partial charge in [-0.1, -0.05) is 45.5 Å². The van der Waals surface area contributed by atoms with Crippen LogP contribution in [0, 0.1) is 0 Å². The Bertz CT molecular complexity index is 261. The lowest BCUT2D eigenvalue weighted by molar-refractivity contribution is 0.402. The van der Waals surface area contributed by atoms with Gasteiger partial charge in [0, 0.05) is 6.54 Å². The minimum atomic E-state index is 0. The quantitative estimate of drug-likeness (QED) is 0.724. The summed E-state index contributed by atoms with van der Waals surface area (Å²) in [5.74, 6) is 0.684. The first-order chi connectivity index (χ1) is 6.63. The fourth-order valence-corrected chi connectivity index (χ4v) is 1.55. The van der Waals surface area contributed by atoms with Crippen molar-refractivity contribution in [3.05, 3.63) is 35.4 Å². The Morgan fingerprint density at radius 2 is 1.67 bits per heavy atom.